The fourth-order valence-corrected chi connectivity index (χ4v) is 3.27. The Morgan fingerprint density at radius 3 is 2.20 bits per heavy atom. The normalized spacial score (nSPS) is 16.5. The van der Waals surface area contributed by atoms with Gasteiger partial charge in [-0.2, -0.15) is 0 Å². The lowest BCUT2D eigenvalue weighted by Crippen LogP contribution is -2.42. The van der Waals surface area contributed by atoms with E-state index in [-0.39, 0.29) is 17.6 Å². The number of aliphatic hydroxyl groups is 1. The third kappa shape index (κ3) is 3.97. The number of carbonyl (C=O) groups is 2. The Morgan fingerprint density at radius 2 is 1.60 bits per heavy atom. The number of benzene rings is 2. The first kappa shape index (κ1) is 17.4. The summed E-state index contributed by atoms with van der Waals surface area (Å²) in [5.74, 6) is -0.191. The van der Waals surface area contributed by atoms with E-state index in [1.54, 1.807) is 29.2 Å². The molecule has 1 aliphatic rings. The third-order valence-corrected chi connectivity index (χ3v) is 4.86. The molecule has 1 saturated heterocycles. The summed E-state index contributed by atoms with van der Waals surface area (Å²) in [4.78, 5) is 26.7. The van der Waals surface area contributed by atoms with Crippen LogP contribution in [0.2, 0.25) is 0 Å². The van der Waals surface area contributed by atoms with Crippen LogP contribution in [0.25, 0.3) is 0 Å². The average Bonchev–Trinajstić information content (AvgIpc) is 2.67. The van der Waals surface area contributed by atoms with E-state index >= 15 is 0 Å². The molecule has 0 aliphatic carbocycles. The molecule has 1 amide bonds. The van der Waals surface area contributed by atoms with Crippen LogP contribution in [-0.2, 0) is 4.79 Å². The first-order chi connectivity index (χ1) is 12.1. The van der Waals surface area contributed by atoms with Gasteiger partial charge in [0.2, 0.25) is 0 Å². The molecule has 0 radical (unpaired) electrons. The van der Waals surface area contributed by atoms with Gasteiger partial charge in [-0.1, -0.05) is 60.2 Å². The van der Waals surface area contributed by atoms with Crippen molar-refractivity contribution in [3.63, 3.8) is 0 Å². The molecule has 1 N–H and O–H groups in total. The molecule has 0 aromatic heterocycles. The molecule has 4 nitrogen and oxygen atoms in total. The third-order valence-electron chi connectivity index (χ3n) is 4.86. The summed E-state index contributed by atoms with van der Waals surface area (Å²) < 4.78 is 0. The highest BCUT2D eigenvalue weighted by molar-refractivity contribution is 5.98. The van der Waals surface area contributed by atoms with Gasteiger partial charge in [-0.25, -0.2) is 0 Å². The van der Waals surface area contributed by atoms with Crippen LogP contribution in [0.15, 0.2) is 54.6 Å². The van der Waals surface area contributed by atoms with Gasteiger partial charge in [-0.15, -0.1) is 0 Å². The summed E-state index contributed by atoms with van der Waals surface area (Å²) in [6.07, 6.45) is 0.144. The zero-order valence-electron chi connectivity index (χ0n) is 14.4. The van der Waals surface area contributed by atoms with Gasteiger partial charge in [0.25, 0.3) is 5.91 Å². The van der Waals surface area contributed by atoms with Crippen molar-refractivity contribution in [3.05, 3.63) is 71.3 Å². The highest BCUT2D eigenvalue weighted by Crippen LogP contribution is 2.24. The summed E-state index contributed by atoms with van der Waals surface area (Å²) >= 11 is 0. The molecule has 1 heterocycles. The molecule has 2 aromatic carbocycles. The minimum Gasteiger partial charge on any atom is -0.378 e. The fraction of sp³-hybridized carbons (Fsp3) is 0.333. The van der Waals surface area contributed by atoms with E-state index in [0.717, 1.165) is 11.1 Å². The summed E-state index contributed by atoms with van der Waals surface area (Å²) in [6.45, 7) is 3.01. The second-order valence-corrected chi connectivity index (χ2v) is 6.64. The predicted molar refractivity (Wildman–Crippen MR) is 96.2 cm³/mol. The number of hydrogen-bond donors (Lipinski definition) is 1. The van der Waals surface area contributed by atoms with Crippen molar-refractivity contribution in [3.8, 4) is 0 Å². The summed E-state index contributed by atoms with van der Waals surface area (Å²) in [5, 5.41) is 10.3. The van der Waals surface area contributed by atoms with Crippen LogP contribution in [0.4, 0.5) is 0 Å². The zero-order valence-corrected chi connectivity index (χ0v) is 14.4. The Labute approximate surface area is 148 Å². The number of amides is 1. The molecule has 0 saturated carbocycles. The average molecular weight is 337 g/mol. The second-order valence-electron chi connectivity index (χ2n) is 6.64. The van der Waals surface area contributed by atoms with Gasteiger partial charge < -0.3 is 10.0 Å². The number of likely N-dealkylation sites (tertiary alicyclic amines) is 1. The quantitative estimate of drug-likeness (QED) is 0.872. The van der Waals surface area contributed by atoms with Crippen LogP contribution < -0.4 is 0 Å². The van der Waals surface area contributed by atoms with Gasteiger partial charge >= 0.3 is 0 Å². The zero-order chi connectivity index (χ0) is 17.8. The summed E-state index contributed by atoms with van der Waals surface area (Å²) in [7, 11) is 0. The molecule has 1 atom stereocenters. The Hall–Kier alpha value is -2.46. The monoisotopic (exact) mass is 337 g/mol. The maximum atomic E-state index is 12.6. The van der Waals surface area contributed by atoms with Crippen molar-refractivity contribution in [2.75, 3.05) is 13.1 Å². The molecule has 130 valence electrons. The number of carbonyl (C=O) groups excluding carboxylic acids is 2. The Bertz CT molecular complexity index is 731. The fourth-order valence-electron chi connectivity index (χ4n) is 3.27. The largest absolute Gasteiger partial charge is 0.378 e. The van der Waals surface area contributed by atoms with Crippen LogP contribution >= 0.6 is 0 Å². The molecule has 1 aliphatic heterocycles. The van der Waals surface area contributed by atoms with Crippen LogP contribution in [0.1, 0.15) is 40.4 Å². The number of hydrogen-bond acceptors (Lipinski definition) is 3. The van der Waals surface area contributed by atoms with Crippen molar-refractivity contribution >= 4 is 11.7 Å². The van der Waals surface area contributed by atoms with Gasteiger partial charge in [-0.3, -0.25) is 9.59 Å². The highest BCUT2D eigenvalue weighted by atomic mass is 16.3. The predicted octanol–water partition coefficient (Wildman–Crippen LogP) is 3.15. The standard InChI is InChI=1S/C21H23NO3/c1-15-7-9-17(10-8-15)19(23)18-11-13-22(14-12-18)21(25)20(24)16-5-3-2-4-6-16/h2-10,18,20,24H,11-14H2,1H3. The van der Waals surface area contributed by atoms with Gasteiger partial charge in [0.15, 0.2) is 11.9 Å². The molecule has 1 fully saturated rings. The number of aliphatic hydroxyl groups excluding tert-OH is 1. The van der Waals surface area contributed by atoms with Crippen molar-refractivity contribution in [1.29, 1.82) is 0 Å². The molecule has 0 spiro atoms. The highest BCUT2D eigenvalue weighted by Gasteiger charge is 2.30. The van der Waals surface area contributed by atoms with E-state index in [0.29, 0.717) is 31.5 Å². The van der Waals surface area contributed by atoms with E-state index in [4.69, 9.17) is 0 Å². The number of rotatable bonds is 4. The van der Waals surface area contributed by atoms with Gasteiger partial charge in [0.05, 0.1) is 0 Å². The second kappa shape index (κ2) is 7.62. The van der Waals surface area contributed by atoms with Crippen molar-refractivity contribution in [2.24, 2.45) is 5.92 Å². The van der Waals surface area contributed by atoms with Crippen LogP contribution in [0.3, 0.4) is 0 Å². The number of piperidine rings is 1. The molecule has 0 bridgehead atoms. The molecule has 2 aromatic rings. The maximum absolute atomic E-state index is 12.6. The molecule has 1 unspecified atom stereocenters. The topological polar surface area (TPSA) is 57.6 Å². The van der Waals surface area contributed by atoms with Crippen molar-refractivity contribution in [1.82, 2.24) is 4.90 Å². The lowest BCUT2D eigenvalue weighted by Gasteiger charge is -2.32. The Balaban J connectivity index is 1.59. The van der Waals surface area contributed by atoms with E-state index in [2.05, 4.69) is 0 Å². The van der Waals surface area contributed by atoms with E-state index in [1.807, 2.05) is 37.3 Å². The van der Waals surface area contributed by atoms with Crippen LogP contribution in [0, 0.1) is 12.8 Å². The van der Waals surface area contributed by atoms with Crippen LogP contribution in [-0.4, -0.2) is 34.8 Å². The molecular weight excluding hydrogens is 314 g/mol. The van der Waals surface area contributed by atoms with Crippen molar-refractivity contribution < 1.29 is 14.7 Å². The number of aryl methyl sites for hydroxylation is 1. The number of Topliss-reactive ketones (excluding diaryl/α,β-unsaturated/α-hetero) is 1. The molecular formula is C21H23NO3. The van der Waals surface area contributed by atoms with E-state index < -0.39 is 6.10 Å². The molecule has 4 heteroatoms. The first-order valence-electron chi connectivity index (χ1n) is 8.69. The Morgan fingerprint density at radius 1 is 1.00 bits per heavy atom. The summed E-state index contributed by atoms with van der Waals surface area (Å²) in [5.41, 5.74) is 2.47. The summed E-state index contributed by atoms with van der Waals surface area (Å²) in [6, 6.07) is 16.6. The lowest BCUT2D eigenvalue weighted by molar-refractivity contribution is -0.141. The smallest absolute Gasteiger partial charge is 0.256 e. The number of nitrogens with zero attached hydrogens (tertiary/aromatic N) is 1. The first-order valence-corrected chi connectivity index (χ1v) is 8.69. The molecule has 25 heavy (non-hydrogen) atoms. The van der Waals surface area contributed by atoms with E-state index in [9.17, 15) is 14.7 Å². The van der Waals surface area contributed by atoms with Gasteiger partial charge in [-0.05, 0) is 25.3 Å². The van der Waals surface area contributed by atoms with Crippen molar-refractivity contribution in [2.45, 2.75) is 25.9 Å². The Kier molecular flexibility index (Phi) is 5.29. The number of ketones is 1. The maximum Gasteiger partial charge on any atom is 0.256 e. The van der Waals surface area contributed by atoms with E-state index in [1.165, 1.54) is 0 Å². The van der Waals surface area contributed by atoms with Gasteiger partial charge in [0.1, 0.15) is 0 Å². The minimum atomic E-state index is -1.13. The van der Waals surface area contributed by atoms with Crippen LogP contribution in [0.5, 0.6) is 0 Å². The minimum absolute atomic E-state index is 0.0550. The lowest BCUT2D eigenvalue weighted by atomic mass is 9.88. The molecule has 3 rings (SSSR count). The van der Waals surface area contributed by atoms with Gasteiger partial charge in [0, 0.05) is 24.6 Å². The SMILES string of the molecule is Cc1ccc(C(=O)C2CCN(C(=O)C(O)c3ccccc3)CC2)cc1.